The summed E-state index contributed by atoms with van der Waals surface area (Å²) in [6.07, 6.45) is 3.01. The first-order valence-electron chi connectivity index (χ1n) is 3.18. The fourth-order valence-electron chi connectivity index (χ4n) is 0.527. The highest BCUT2D eigenvalue weighted by molar-refractivity contribution is 5.76. The van der Waals surface area contributed by atoms with Gasteiger partial charge in [-0.05, 0) is 6.92 Å². The fourth-order valence-corrected chi connectivity index (χ4v) is 0.527. The Bertz CT molecular complexity index is 130. The third-order valence-electron chi connectivity index (χ3n) is 1.07. The van der Waals surface area contributed by atoms with E-state index in [0.29, 0.717) is 6.61 Å². The summed E-state index contributed by atoms with van der Waals surface area (Å²) in [5.41, 5.74) is 0. The van der Waals surface area contributed by atoms with E-state index >= 15 is 0 Å². The number of carbonyl (C=O) groups is 1. The lowest BCUT2D eigenvalue weighted by atomic mass is 10.1. The van der Waals surface area contributed by atoms with E-state index in [1.807, 2.05) is 0 Å². The molecule has 0 spiro atoms. The molecular weight excluding hydrogens is 128 g/mol. The molecule has 0 aliphatic carbocycles. The maximum absolute atomic E-state index is 10.8. The maximum Gasteiger partial charge on any atom is 0.316 e. The molecule has 0 heterocycles. The van der Waals surface area contributed by atoms with E-state index in [1.165, 1.54) is 12.2 Å². The van der Waals surface area contributed by atoms with Gasteiger partial charge in [0.2, 0.25) is 0 Å². The summed E-state index contributed by atoms with van der Waals surface area (Å²) < 4.78 is 4.70. The molecule has 0 unspecified atom stereocenters. The minimum absolute atomic E-state index is 0.285. The number of ether oxygens (including phenoxy) is 1. The average molecular weight is 140 g/mol. The highest BCUT2D eigenvalue weighted by Gasteiger charge is 2.09. The second kappa shape index (κ2) is 4.79. The van der Waals surface area contributed by atoms with E-state index in [4.69, 9.17) is 4.74 Å². The zero-order chi connectivity index (χ0) is 7.98. The van der Waals surface area contributed by atoms with Crippen molar-refractivity contribution in [2.75, 3.05) is 6.61 Å². The van der Waals surface area contributed by atoms with Crippen LogP contribution in [0.4, 0.5) is 0 Å². The van der Waals surface area contributed by atoms with Crippen LogP contribution in [0, 0.1) is 5.92 Å². The lowest BCUT2D eigenvalue weighted by Gasteiger charge is -2.04. The van der Waals surface area contributed by atoms with Crippen LogP contribution in [0.15, 0.2) is 25.3 Å². The minimum Gasteiger partial charge on any atom is -0.465 e. The Kier molecular flexibility index (Phi) is 4.29. The molecule has 0 aromatic carbocycles. The van der Waals surface area contributed by atoms with Crippen molar-refractivity contribution in [3.05, 3.63) is 25.3 Å². The molecule has 0 rings (SSSR count). The van der Waals surface area contributed by atoms with Crippen LogP contribution >= 0.6 is 0 Å². The smallest absolute Gasteiger partial charge is 0.316 e. The van der Waals surface area contributed by atoms with Crippen molar-refractivity contribution < 1.29 is 9.53 Å². The van der Waals surface area contributed by atoms with E-state index in [2.05, 4.69) is 13.2 Å². The number of carbonyl (C=O) groups excluding carboxylic acids is 1. The number of esters is 1. The molecule has 0 aliphatic rings. The molecule has 0 aromatic rings. The van der Waals surface area contributed by atoms with Crippen molar-refractivity contribution in [3.8, 4) is 0 Å². The zero-order valence-corrected chi connectivity index (χ0v) is 6.17. The molecule has 0 atom stereocenters. The van der Waals surface area contributed by atoms with Crippen LogP contribution in [0.2, 0.25) is 0 Å². The predicted octanol–water partition coefficient (Wildman–Crippen LogP) is 1.54. The molecule has 2 nitrogen and oxygen atoms in total. The Balaban J connectivity index is 3.88. The highest BCUT2D eigenvalue weighted by atomic mass is 16.5. The van der Waals surface area contributed by atoms with E-state index in [0.717, 1.165) is 0 Å². The Morgan fingerprint density at radius 2 is 2.10 bits per heavy atom. The number of rotatable bonds is 4. The van der Waals surface area contributed by atoms with Gasteiger partial charge in [0.25, 0.3) is 0 Å². The summed E-state index contributed by atoms with van der Waals surface area (Å²) in [5, 5.41) is 0. The van der Waals surface area contributed by atoms with Crippen molar-refractivity contribution in [1.29, 1.82) is 0 Å². The molecule has 10 heavy (non-hydrogen) atoms. The van der Waals surface area contributed by atoms with Crippen LogP contribution < -0.4 is 0 Å². The Labute approximate surface area is 61.2 Å². The summed E-state index contributed by atoms with van der Waals surface area (Å²) in [7, 11) is 0. The topological polar surface area (TPSA) is 26.3 Å². The minimum atomic E-state index is -0.361. The summed E-state index contributed by atoms with van der Waals surface area (Å²) >= 11 is 0. The summed E-state index contributed by atoms with van der Waals surface area (Å²) in [6, 6.07) is 0. The standard InChI is InChI=1S/C8H12O2/c1-4-7(5-2)8(9)10-6-3/h4-5,7H,1-2,6H2,3H3. The van der Waals surface area contributed by atoms with E-state index in [-0.39, 0.29) is 11.9 Å². The molecule has 0 aromatic heterocycles. The first-order valence-corrected chi connectivity index (χ1v) is 3.18. The van der Waals surface area contributed by atoms with Crippen molar-refractivity contribution >= 4 is 5.97 Å². The van der Waals surface area contributed by atoms with Gasteiger partial charge in [0, 0.05) is 0 Å². The lowest BCUT2D eigenvalue weighted by Crippen LogP contribution is -2.12. The average Bonchev–Trinajstić information content (AvgIpc) is 1.91. The molecule has 0 aliphatic heterocycles. The molecule has 0 bridgehead atoms. The molecule has 0 radical (unpaired) electrons. The molecule has 0 saturated carbocycles. The zero-order valence-electron chi connectivity index (χ0n) is 6.17. The van der Waals surface area contributed by atoms with Gasteiger partial charge < -0.3 is 4.74 Å². The van der Waals surface area contributed by atoms with E-state index < -0.39 is 0 Å². The van der Waals surface area contributed by atoms with Crippen LogP contribution in [-0.2, 0) is 9.53 Å². The molecule has 2 heteroatoms. The normalized spacial score (nSPS) is 9.00. The Morgan fingerprint density at radius 1 is 1.60 bits per heavy atom. The monoisotopic (exact) mass is 140 g/mol. The van der Waals surface area contributed by atoms with Gasteiger partial charge in [0.05, 0.1) is 12.5 Å². The second-order valence-corrected chi connectivity index (χ2v) is 1.75. The quantitative estimate of drug-likeness (QED) is 0.437. The molecular formula is C8H12O2. The molecule has 0 saturated heterocycles. The Morgan fingerprint density at radius 3 is 2.40 bits per heavy atom. The van der Waals surface area contributed by atoms with Crippen molar-refractivity contribution in [1.82, 2.24) is 0 Å². The van der Waals surface area contributed by atoms with Gasteiger partial charge in [-0.25, -0.2) is 0 Å². The summed E-state index contributed by atoms with van der Waals surface area (Å²) in [4.78, 5) is 10.8. The number of hydrogen-bond acceptors (Lipinski definition) is 2. The SMILES string of the molecule is C=CC(C=C)C(=O)OCC. The van der Waals surface area contributed by atoms with E-state index in [9.17, 15) is 4.79 Å². The molecule has 0 N–H and O–H groups in total. The van der Waals surface area contributed by atoms with Gasteiger partial charge in [0.15, 0.2) is 0 Å². The van der Waals surface area contributed by atoms with Gasteiger partial charge in [-0.2, -0.15) is 0 Å². The van der Waals surface area contributed by atoms with E-state index in [1.54, 1.807) is 6.92 Å². The van der Waals surface area contributed by atoms with Crippen molar-refractivity contribution in [2.45, 2.75) is 6.92 Å². The fraction of sp³-hybridized carbons (Fsp3) is 0.375. The highest BCUT2D eigenvalue weighted by Crippen LogP contribution is 2.01. The molecule has 0 amide bonds. The van der Waals surface area contributed by atoms with Crippen LogP contribution in [-0.4, -0.2) is 12.6 Å². The third-order valence-corrected chi connectivity index (χ3v) is 1.07. The van der Waals surface area contributed by atoms with Gasteiger partial charge in [-0.3, -0.25) is 4.79 Å². The predicted molar refractivity (Wildman–Crippen MR) is 40.5 cm³/mol. The number of hydrogen-bond donors (Lipinski definition) is 0. The first-order chi connectivity index (χ1) is 4.76. The van der Waals surface area contributed by atoms with Crippen molar-refractivity contribution in [3.63, 3.8) is 0 Å². The van der Waals surface area contributed by atoms with Gasteiger partial charge in [-0.15, -0.1) is 13.2 Å². The van der Waals surface area contributed by atoms with Crippen LogP contribution in [0.3, 0.4) is 0 Å². The van der Waals surface area contributed by atoms with Crippen LogP contribution in [0.25, 0.3) is 0 Å². The second-order valence-electron chi connectivity index (χ2n) is 1.75. The van der Waals surface area contributed by atoms with Gasteiger partial charge >= 0.3 is 5.97 Å². The Hall–Kier alpha value is -1.05. The first kappa shape index (κ1) is 8.95. The lowest BCUT2D eigenvalue weighted by molar-refractivity contribution is -0.144. The van der Waals surface area contributed by atoms with Gasteiger partial charge in [-0.1, -0.05) is 12.2 Å². The largest absolute Gasteiger partial charge is 0.465 e. The third kappa shape index (κ3) is 2.49. The maximum atomic E-state index is 10.8. The van der Waals surface area contributed by atoms with Crippen molar-refractivity contribution in [2.24, 2.45) is 5.92 Å². The summed E-state index contributed by atoms with van der Waals surface area (Å²) in [5.74, 6) is -0.646. The summed E-state index contributed by atoms with van der Waals surface area (Å²) in [6.45, 7) is 9.09. The molecule has 0 fully saturated rings. The van der Waals surface area contributed by atoms with Crippen LogP contribution in [0.5, 0.6) is 0 Å². The van der Waals surface area contributed by atoms with Crippen LogP contribution in [0.1, 0.15) is 6.92 Å². The van der Waals surface area contributed by atoms with Gasteiger partial charge in [0.1, 0.15) is 0 Å². The molecule has 56 valence electrons.